The van der Waals surface area contributed by atoms with E-state index >= 15 is 0 Å². The predicted molar refractivity (Wildman–Crippen MR) is 85.0 cm³/mol. The number of benzene rings is 1. The molecule has 1 fully saturated rings. The van der Waals surface area contributed by atoms with Crippen molar-refractivity contribution in [1.29, 1.82) is 0 Å². The molecule has 116 valence electrons. The van der Waals surface area contributed by atoms with Gasteiger partial charge in [-0.15, -0.1) is 0 Å². The van der Waals surface area contributed by atoms with Crippen molar-refractivity contribution in [3.05, 3.63) is 23.8 Å². The third kappa shape index (κ3) is 2.76. The van der Waals surface area contributed by atoms with E-state index in [4.69, 9.17) is 9.47 Å². The lowest BCUT2D eigenvalue weighted by Gasteiger charge is -2.41. The Morgan fingerprint density at radius 2 is 2.14 bits per heavy atom. The molecular weight excluding hydrogens is 262 g/mol. The lowest BCUT2D eigenvalue weighted by Crippen LogP contribution is -2.42. The van der Waals surface area contributed by atoms with E-state index in [9.17, 15) is 0 Å². The molecule has 1 aromatic carbocycles. The molecule has 0 saturated heterocycles. The average molecular weight is 289 g/mol. The molecule has 1 spiro atoms. The Kier molecular flexibility index (Phi) is 3.64. The fourth-order valence-corrected chi connectivity index (χ4v) is 4.08. The molecule has 21 heavy (non-hydrogen) atoms. The first-order chi connectivity index (χ1) is 9.97. The normalized spacial score (nSPS) is 30.0. The molecule has 2 atom stereocenters. The summed E-state index contributed by atoms with van der Waals surface area (Å²) >= 11 is 0. The Hall–Kier alpha value is -1.22. The van der Waals surface area contributed by atoms with Crippen LogP contribution in [0.4, 0.5) is 0 Å². The molecule has 2 aliphatic rings. The van der Waals surface area contributed by atoms with E-state index in [1.54, 1.807) is 7.11 Å². The number of methoxy groups -OCH3 is 1. The van der Waals surface area contributed by atoms with Crippen LogP contribution in [-0.4, -0.2) is 19.3 Å². The van der Waals surface area contributed by atoms with Crippen molar-refractivity contribution in [2.45, 2.75) is 58.1 Å². The van der Waals surface area contributed by atoms with Gasteiger partial charge < -0.3 is 14.8 Å². The van der Waals surface area contributed by atoms with Crippen LogP contribution in [0.2, 0.25) is 0 Å². The highest BCUT2D eigenvalue weighted by Crippen LogP contribution is 2.53. The smallest absolute Gasteiger partial charge is 0.128 e. The van der Waals surface area contributed by atoms with Gasteiger partial charge in [-0.05, 0) is 37.3 Å². The van der Waals surface area contributed by atoms with Gasteiger partial charge in [0.15, 0.2) is 0 Å². The number of rotatable bonds is 3. The molecular formula is C18H27NO2. The largest absolute Gasteiger partial charge is 0.497 e. The second-order valence-electron chi connectivity index (χ2n) is 7.34. The monoisotopic (exact) mass is 289 g/mol. The fraction of sp³-hybridized carbons (Fsp3) is 0.667. The molecule has 3 heteroatoms. The van der Waals surface area contributed by atoms with Gasteiger partial charge in [-0.25, -0.2) is 0 Å². The van der Waals surface area contributed by atoms with Gasteiger partial charge in [0.1, 0.15) is 17.1 Å². The Morgan fingerprint density at radius 3 is 2.76 bits per heavy atom. The lowest BCUT2D eigenvalue weighted by atomic mass is 9.82. The molecule has 2 unspecified atom stereocenters. The van der Waals surface area contributed by atoms with Crippen LogP contribution < -0.4 is 14.8 Å². The maximum absolute atomic E-state index is 6.52. The van der Waals surface area contributed by atoms with Crippen molar-refractivity contribution >= 4 is 0 Å². The van der Waals surface area contributed by atoms with Gasteiger partial charge in [0, 0.05) is 24.1 Å². The first-order valence-electron chi connectivity index (χ1n) is 8.07. The third-order valence-corrected chi connectivity index (χ3v) is 5.01. The summed E-state index contributed by atoms with van der Waals surface area (Å²) in [5.74, 6) is 1.88. The SMILES string of the molecule is CCNC1CC2(CCC(C)(C)C2)Oc2cc(OC)ccc21. The van der Waals surface area contributed by atoms with Crippen LogP contribution in [0, 0.1) is 5.41 Å². The molecule has 0 amide bonds. The summed E-state index contributed by atoms with van der Waals surface area (Å²) in [6.07, 6.45) is 4.60. The summed E-state index contributed by atoms with van der Waals surface area (Å²) in [5, 5.41) is 3.64. The molecule has 3 rings (SSSR count). The van der Waals surface area contributed by atoms with Crippen LogP contribution in [0.15, 0.2) is 18.2 Å². The molecule has 0 radical (unpaired) electrons. The van der Waals surface area contributed by atoms with E-state index < -0.39 is 0 Å². The number of hydrogen-bond acceptors (Lipinski definition) is 3. The molecule has 1 N–H and O–H groups in total. The van der Waals surface area contributed by atoms with E-state index in [1.807, 2.05) is 12.1 Å². The van der Waals surface area contributed by atoms with Crippen LogP contribution in [0.5, 0.6) is 11.5 Å². The summed E-state index contributed by atoms with van der Waals surface area (Å²) < 4.78 is 11.9. The third-order valence-electron chi connectivity index (χ3n) is 5.01. The standard InChI is InChI=1S/C18H27NO2/c1-5-19-15-11-18(9-8-17(2,3)12-18)21-16-10-13(20-4)6-7-14(15)16/h6-7,10,15,19H,5,8-9,11-12H2,1-4H3. The second kappa shape index (κ2) is 5.20. The minimum Gasteiger partial charge on any atom is -0.497 e. The van der Waals surface area contributed by atoms with Gasteiger partial charge in [-0.2, -0.15) is 0 Å². The van der Waals surface area contributed by atoms with Crippen molar-refractivity contribution in [1.82, 2.24) is 5.32 Å². The average Bonchev–Trinajstić information content (AvgIpc) is 2.73. The molecule has 1 aliphatic carbocycles. The summed E-state index contributed by atoms with van der Waals surface area (Å²) in [6.45, 7) is 7.86. The second-order valence-corrected chi connectivity index (χ2v) is 7.34. The minimum absolute atomic E-state index is 0.00426. The van der Waals surface area contributed by atoms with Crippen LogP contribution in [-0.2, 0) is 0 Å². The molecule has 0 bridgehead atoms. The zero-order valence-electron chi connectivity index (χ0n) is 13.7. The lowest BCUT2D eigenvalue weighted by molar-refractivity contribution is 0.0277. The van der Waals surface area contributed by atoms with Gasteiger partial charge in [-0.3, -0.25) is 0 Å². The quantitative estimate of drug-likeness (QED) is 0.909. The molecule has 0 aromatic heterocycles. The molecule has 3 nitrogen and oxygen atoms in total. The predicted octanol–water partition coefficient (Wildman–Crippen LogP) is 4.08. The summed E-state index contributed by atoms with van der Waals surface area (Å²) in [6, 6.07) is 6.61. The van der Waals surface area contributed by atoms with Crippen molar-refractivity contribution in [2.75, 3.05) is 13.7 Å². The van der Waals surface area contributed by atoms with E-state index in [0.717, 1.165) is 37.3 Å². The number of ether oxygens (including phenoxy) is 2. The maximum Gasteiger partial charge on any atom is 0.128 e. The van der Waals surface area contributed by atoms with Crippen LogP contribution in [0.3, 0.4) is 0 Å². The highest BCUT2D eigenvalue weighted by Gasteiger charge is 2.49. The zero-order valence-corrected chi connectivity index (χ0v) is 13.7. The molecule has 1 saturated carbocycles. The number of nitrogens with one attached hydrogen (secondary N) is 1. The van der Waals surface area contributed by atoms with E-state index in [2.05, 4.69) is 32.2 Å². The first kappa shape index (κ1) is 14.7. The summed E-state index contributed by atoms with van der Waals surface area (Å²) in [7, 11) is 1.71. The minimum atomic E-state index is -0.00426. The van der Waals surface area contributed by atoms with Crippen molar-refractivity contribution in [3.63, 3.8) is 0 Å². The fourth-order valence-electron chi connectivity index (χ4n) is 4.08. The Labute approximate surface area is 128 Å². The van der Waals surface area contributed by atoms with E-state index in [0.29, 0.717) is 11.5 Å². The summed E-state index contributed by atoms with van der Waals surface area (Å²) in [4.78, 5) is 0. The Morgan fingerprint density at radius 1 is 1.33 bits per heavy atom. The topological polar surface area (TPSA) is 30.5 Å². The van der Waals surface area contributed by atoms with Gasteiger partial charge in [-0.1, -0.05) is 26.8 Å². The van der Waals surface area contributed by atoms with Crippen molar-refractivity contribution < 1.29 is 9.47 Å². The van der Waals surface area contributed by atoms with Crippen molar-refractivity contribution in [2.24, 2.45) is 5.41 Å². The Bertz CT molecular complexity index is 526. The number of hydrogen-bond donors (Lipinski definition) is 1. The van der Waals surface area contributed by atoms with Gasteiger partial charge in [0.2, 0.25) is 0 Å². The molecule has 1 heterocycles. The van der Waals surface area contributed by atoms with Crippen molar-refractivity contribution in [3.8, 4) is 11.5 Å². The first-order valence-corrected chi connectivity index (χ1v) is 8.07. The van der Waals surface area contributed by atoms with E-state index in [1.165, 1.54) is 12.0 Å². The highest BCUT2D eigenvalue weighted by molar-refractivity contribution is 5.45. The molecule has 1 aromatic rings. The maximum atomic E-state index is 6.52. The van der Waals surface area contributed by atoms with Gasteiger partial charge >= 0.3 is 0 Å². The Balaban J connectivity index is 1.95. The highest BCUT2D eigenvalue weighted by atomic mass is 16.5. The van der Waals surface area contributed by atoms with E-state index in [-0.39, 0.29) is 5.60 Å². The molecule has 1 aliphatic heterocycles. The van der Waals surface area contributed by atoms with Crippen LogP contribution in [0.1, 0.15) is 58.1 Å². The van der Waals surface area contributed by atoms with Crippen LogP contribution in [0.25, 0.3) is 0 Å². The zero-order chi connectivity index (χ0) is 15.1. The number of fused-ring (bicyclic) bond motifs is 1. The summed E-state index contributed by atoms with van der Waals surface area (Å²) in [5.41, 5.74) is 1.65. The van der Waals surface area contributed by atoms with Crippen LogP contribution >= 0.6 is 0 Å². The van der Waals surface area contributed by atoms with Gasteiger partial charge in [0.25, 0.3) is 0 Å². The van der Waals surface area contributed by atoms with Gasteiger partial charge in [0.05, 0.1) is 7.11 Å².